The van der Waals surface area contributed by atoms with Gasteiger partial charge in [0.25, 0.3) is 5.24 Å². The number of nitrogens with one attached hydrogen (secondary N) is 2. The van der Waals surface area contributed by atoms with Crippen LogP contribution in [0.3, 0.4) is 0 Å². The molecule has 2 unspecified atom stereocenters. The van der Waals surface area contributed by atoms with Crippen molar-refractivity contribution >= 4 is 22.9 Å². The minimum Gasteiger partial charge on any atom is -0.337 e. The standard InChI is InChI=1S/C11H19N3O2S/c1-2-5-14(8-3-4-12-6-8)10(15)9-7-17-11(16)13-9/h8-9,12H,2-7H2,1H3,(H,13,16). The molecule has 2 amide bonds. The Hall–Kier alpha value is -0.750. The van der Waals surface area contributed by atoms with Gasteiger partial charge in [0, 0.05) is 24.9 Å². The molecule has 0 aromatic heterocycles. The van der Waals surface area contributed by atoms with Gasteiger partial charge in [-0.2, -0.15) is 0 Å². The number of thioether (sulfide) groups is 1. The van der Waals surface area contributed by atoms with E-state index in [9.17, 15) is 9.59 Å². The maximum Gasteiger partial charge on any atom is 0.279 e. The summed E-state index contributed by atoms with van der Waals surface area (Å²) in [6.07, 6.45) is 1.97. The number of rotatable bonds is 4. The van der Waals surface area contributed by atoms with Crippen LogP contribution in [0.25, 0.3) is 0 Å². The number of carbonyl (C=O) groups is 2. The Kier molecular flexibility index (Phi) is 4.28. The van der Waals surface area contributed by atoms with Crippen molar-refractivity contribution in [3.8, 4) is 0 Å². The SMILES string of the molecule is CCCN(C(=O)C1CSC(=O)N1)C1CCNC1. The summed E-state index contributed by atoms with van der Waals surface area (Å²) in [5.74, 6) is 0.650. The van der Waals surface area contributed by atoms with Gasteiger partial charge in [0.1, 0.15) is 6.04 Å². The monoisotopic (exact) mass is 257 g/mol. The van der Waals surface area contributed by atoms with Gasteiger partial charge in [-0.1, -0.05) is 18.7 Å². The largest absolute Gasteiger partial charge is 0.337 e. The molecule has 6 heteroatoms. The Labute approximate surface area is 106 Å². The highest BCUT2D eigenvalue weighted by molar-refractivity contribution is 8.14. The van der Waals surface area contributed by atoms with Gasteiger partial charge in [-0.25, -0.2) is 0 Å². The zero-order valence-corrected chi connectivity index (χ0v) is 10.9. The third-order valence-corrected chi connectivity index (χ3v) is 4.07. The van der Waals surface area contributed by atoms with E-state index in [4.69, 9.17) is 0 Å². The van der Waals surface area contributed by atoms with Gasteiger partial charge in [-0.3, -0.25) is 9.59 Å². The normalized spacial score (nSPS) is 28.2. The third kappa shape index (κ3) is 2.93. The first-order valence-electron chi connectivity index (χ1n) is 6.17. The second-order valence-corrected chi connectivity index (χ2v) is 5.47. The lowest BCUT2D eigenvalue weighted by Gasteiger charge is -2.30. The van der Waals surface area contributed by atoms with Crippen molar-refractivity contribution in [3.05, 3.63) is 0 Å². The molecule has 2 N–H and O–H groups in total. The summed E-state index contributed by atoms with van der Waals surface area (Å²) in [6.45, 7) is 4.70. The average molecular weight is 257 g/mol. The van der Waals surface area contributed by atoms with E-state index < -0.39 is 0 Å². The fourth-order valence-corrected chi connectivity index (χ4v) is 3.11. The predicted octanol–water partition coefficient (Wildman–Crippen LogP) is 0.412. The average Bonchev–Trinajstić information content (AvgIpc) is 2.95. The molecule has 5 nitrogen and oxygen atoms in total. The van der Waals surface area contributed by atoms with Gasteiger partial charge in [0.05, 0.1) is 0 Å². The second-order valence-electron chi connectivity index (χ2n) is 4.47. The van der Waals surface area contributed by atoms with Crippen molar-refractivity contribution in [2.75, 3.05) is 25.4 Å². The highest BCUT2D eigenvalue weighted by Crippen LogP contribution is 2.18. The van der Waals surface area contributed by atoms with Gasteiger partial charge in [0.15, 0.2) is 0 Å². The van der Waals surface area contributed by atoms with Crippen LogP contribution in [0.1, 0.15) is 19.8 Å². The van der Waals surface area contributed by atoms with E-state index in [0.717, 1.165) is 32.5 Å². The molecular weight excluding hydrogens is 238 g/mol. The molecule has 2 aliphatic rings. The van der Waals surface area contributed by atoms with Gasteiger partial charge < -0.3 is 15.5 Å². The Bertz CT molecular complexity index is 305. The molecule has 2 atom stereocenters. The zero-order valence-electron chi connectivity index (χ0n) is 10.1. The van der Waals surface area contributed by atoms with E-state index in [1.54, 1.807) is 0 Å². The van der Waals surface area contributed by atoms with E-state index >= 15 is 0 Å². The molecule has 2 fully saturated rings. The number of carbonyl (C=O) groups excluding carboxylic acids is 2. The molecule has 0 spiro atoms. The lowest BCUT2D eigenvalue weighted by molar-refractivity contribution is -0.134. The maximum atomic E-state index is 12.3. The van der Waals surface area contributed by atoms with Crippen LogP contribution >= 0.6 is 11.8 Å². The van der Waals surface area contributed by atoms with E-state index in [0.29, 0.717) is 11.8 Å². The molecular formula is C11H19N3O2S. The Morgan fingerprint density at radius 3 is 2.94 bits per heavy atom. The van der Waals surface area contributed by atoms with Crippen molar-refractivity contribution in [1.29, 1.82) is 0 Å². The lowest BCUT2D eigenvalue weighted by Crippen LogP contribution is -2.50. The van der Waals surface area contributed by atoms with Crippen molar-refractivity contribution in [1.82, 2.24) is 15.5 Å². The fraction of sp³-hybridized carbons (Fsp3) is 0.818. The molecule has 0 radical (unpaired) electrons. The first kappa shape index (κ1) is 12.7. The Balaban J connectivity index is 1.99. The molecule has 0 saturated carbocycles. The van der Waals surface area contributed by atoms with Crippen LogP contribution in [0.15, 0.2) is 0 Å². The smallest absolute Gasteiger partial charge is 0.279 e. The van der Waals surface area contributed by atoms with Gasteiger partial charge in [0.2, 0.25) is 5.91 Å². The topological polar surface area (TPSA) is 61.4 Å². The summed E-state index contributed by atoms with van der Waals surface area (Å²) in [7, 11) is 0. The van der Waals surface area contributed by atoms with Gasteiger partial charge >= 0.3 is 0 Å². The Morgan fingerprint density at radius 1 is 1.59 bits per heavy atom. The number of hydrogen-bond acceptors (Lipinski definition) is 4. The Morgan fingerprint density at radius 2 is 2.41 bits per heavy atom. The number of amides is 2. The molecule has 2 saturated heterocycles. The first-order valence-corrected chi connectivity index (χ1v) is 7.15. The molecule has 96 valence electrons. The van der Waals surface area contributed by atoms with E-state index in [2.05, 4.69) is 17.6 Å². The van der Waals surface area contributed by atoms with Crippen LogP contribution in [-0.4, -0.2) is 53.5 Å². The number of hydrogen-bond donors (Lipinski definition) is 2. The summed E-state index contributed by atoms with van der Waals surface area (Å²) in [4.78, 5) is 25.4. The van der Waals surface area contributed by atoms with Crippen LogP contribution in [0, 0.1) is 0 Å². The predicted molar refractivity (Wildman–Crippen MR) is 68.1 cm³/mol. The summed E-state index contributed by atoms with van der Waals surface area (Å²) in [5.41, 5.74) is 0. The molecule has 0 aromatic carbocycles. The van der Waals surface area contributed by atoms with Crippen molar-refractivity contribution in [3.63, 3.8) is 0 Å². The van der Waals surface area contributed by atoms with E-state index in [1.165, 1.54) is 11.8 Å². The van der Waals surface area contributed by atoms with Crippen LogP contribution in [0.4, 0.5) is 4.79 Å². The minimum atomic E-state index is -0.320. The first-order chi connectivity index (χ1) is 8.22. The van der Waals surface area contributed by atoms with Crippen molar-refractivity contribution in [2.24, 2.45) is 0 Å². The van der Waals surface area contributed by atoms with Gasteiger partial charge in [-0.15, -0.1) is 0 Å². The summed E-state index contributed by atoms with van der Waals surface area (Å²) in [5, 5.41) is 5.93. The summed E-state index contributed by atoms with van der Waals surface area (Å²) >= 11 is 1.20. The molecule has 17 heavy (non-hydrogen) atoms. The molecule has 0 aliphatic carbocycles. The van der Waals surface area contributed by atoms with E-state index in [1.807, 2.05) is 4.90 Å². The van der Waals surface area contributed by atoms with Crippen molar-refractivity contribution < 1.29 is 9.59 Å². The maximum absolute atomic E-state index is 12.3. The summed E-state index contributed by atoms with van der Waals surface area (Å²) < 4.78 is 0. The van der Waals surface area contributed by atoms with Crippen LogP contribution in [-0.2, 0) is 4.79 Å². The highest BCUT2D eigenvalue weighted by Gasteiger charge is 2.34. The molecule has 2 heterocycles. The van der Waals surface area contributed by atoms with Crippen LogP contribution in [0.5, 0.6) is 0 Å². The molecule has 0 bridgehead atoms. The molecule has 2 aliphatic heterocycles. The van der Waals surface area contributed by atoms with Crippen LogP contribution in [0.2, 0.25) is 0 Å². The highest BCUT2D eigenvalue weighted by atomic mass is 32.2. The second kappa shape index (κ2) is 5.73. The summed E-state index contributed by atoms with van der Waals surface area (Å²) in [6, 6.07) is -0.0235. The molecule has 2 rings (SSSR count). The fourth-order valence-electron chi connectivity index (χ4n) is 2.34. The quantitative estimate of drug-likeness (QED) is 0.766. The van der Waals surface area contributed by atoms with Gasteiger partial charge in [-0.05, 0) is 19.4 Å². The third-order valence-electron chi connectivity index (χ3n) is 3.19. The number of nitrogens with zero attached hydrogens (tertiary/aromatic N) is 1. The van der Waals surface area contributed by atoms with E-state index in [-0.39, 0.29) is 17.2 Å². The zero-order chi connectivity index (χ0) is 12.3. The lowest BCUT2D eigenvalue weighted by atomic mass is 10.1. The molecule has 0 aromatic rings. The minimum absolute atomic E-state index is 0.0793. The van der Waals surface area contributed by atoms with Crippen LogP contribution < -0.4 is 10.6 Å². The van der Waals surface area contributed by atoms with Crippen molar-refractivity contribution in [2.45, 2.75) is 31.8 Å².